The molecule has 0 aromatic carbocycles. The van der Waals surface area contributed by atoms with Crippen molar-refractivity contribution in [1.29, 1.82) is 0 Å². The first-order valence-corrected chi connectivity index (χ1v) is 5.99. The topological polar surface area (TPSA) is 23.5 Å². The second kappa shape index (κ2) is 6.17. The molecular formula is C11H19NOS. The Morgan fingerprint density at radius 3 is 2.86 bits per heavy atom. The van der Waals surface area contributed by atoms with E-state index in [9.17, 15) is 0 Å². The zero-order valence-corrected chi connectivity index (χ0v) is 9.76. The highest BCUT2D eigenvalue weighted by Crippen LogP contribution is 2.12. The Morgan fingerprint density at radius 1 is 1.57 bits per heavy atom. The summed E-state index contributed by atoms with van der Waals surface area (Å²) in [5.41, 5.74) is 0. The zero-order valence-electron chi connectivity index (χ0n) is 8.94. The number of hydrogen-bond acceptors (Lipinski definition) is 3. The standard InChI is InChI=1S/C11H19NOS/c1-3-12(7-10(2)9-13)8-11-5-4-6-14-11/h4-6,10,13H,3,7-9H2,1-2H3. The molecule has 1 rings (SSSR count). The summed E-state index contributed by atoms with van der Waals surface area (Å²) in [5.74, 6) is 0.370. The number of hydrogen-bond donors (Lipinski definition) is 1. The molecule has 0 aliphatic rings. The molecule has 14 heavy (non-hydrogen) atoms. The highest BCUT2D eigenvalue weighted by Gasteiger charge is 2.08. The fraction of sp³-hybridized carbons (Fsp3) is 0.636. The highest BCUT2D eigenvalue weighted by molar-refractivity contribution is 7.09. The molecule has 1 aromatic rings. The number of nitrogens with zero attached hydrogens (tertiary/aromatic N) is 1. The number of rotatable bonds is 6. The third-order valence-electron chi connectivity index (χ3n) is 2.29. The van der Waals surface area contributed by atoms with Gasteiger partial charge in [-0.3, -0.25) is 4.90 Å². The Bertz CT molecular complexity index is 235. The summed E-state index contributed by atoms with van der Waals surface area (Å²) in [6, 6.07) is 4.25. The SMILES string of the molecule is CCN(Cc1cccs1)CC(C)CO. The smallest absolute Gasteiger partial charge is 0.0468 e. The Balaban J connectivity index is 2.39. The molecule has 3 heteroatoms. The summed E-state index contributed by atoms with van der Waals surface area (Å²) in [5, 5.41) is 11.1. The van der Waals surface area contributed by atoms with Crippen molar-refractivity contribution in [2.24, 2.45) is 5.92 Å². The van der Waals surface area contributed by atoms with Crippen molar-refractivity contribution in [3.05, 3.63) is 22.4 Å². The van der Waals surface area contributed by atoms with Crippen LogP contribution in [0.4, 0.5) is 0 Å². The average Bonchev–Trinajstić information content (AvgIpc) is 2.69. The van der Waals surface area contributed by atoms with Crippen molar-refractivity contribution in [2.45, 2.75) is 20.4 Å². The Hall–Kier alpha value is -0.380. The van der Waals surface area contributed by atoms with Gasteiger partial charge in [-0.25, -0.2) is 0 Å². The van der Waals surface area contributed by atoms with Gasteiger partial charge in [-0.1, -0.05) is 19.9 Å². The van der Waals surface area contributed by atoms with Crippen LogP contribution in [0.1, 0.15) is 18.7 Å². The van der Waals surface area contributed by atoms with Crippen LogP contribution in [0.3, 0.4) is 0 Å². The first-order chi connectivity index (χ1) is 6.76. The molecule has 0 fully saturated rings. The summed E-state index contributed by atoms with van der Waals surface area (Å²) in [6.07, 6.45) is 0. The Labute approximate surface area is 90.2 Å². The lowest BCUT2D eigenvalue weighted by Crippen LogP contribution is -2.29. The maximum atomic E-state index is 8.98. The molecule has 1 N–H and O–H groups in total. The second-order valence-corrected chi connectivity index (χ2v) is 4.73. The molecule has 80 valence electrons. The van der Waals surface area contributed by atoms with Gasteiger partial charge in [-0.15, -0.1) is 11.3 Å². The molecule has 0 saturated carbocycles. The first kappa shape index (κ1) is 11.7. The lowest BCUT2D eigenvalue weighted by molar-refractivity contribution is 0.174. The van der Waals surface area contributed by atoms with Gasteiger partial charge >= 0.3 is 0 Å². The van der Waals surface area contributed by atoms with Crippen molar-refractivity contribution >= 4 is 11.3 Å². The van der Waals surface area contributed by atoms with Gasteiger partial charge in [0.05, 0.1) is 0 Å². The molecule has 0 bridgehead atoms. The average molecular weight is 213 g/mol. The molecule has 1 heterocycles. The van der Waals surface area contributed by atoms with Crippen LogP contribution < -0.4 is 0 Å². The maximum absolute atomic E-state index is 8.98. The number of thiophene rings is 1. The molecular weight excluding hydrogens is 194 g/mol. The monoisotopic (exact) mass is 213 g/mol. The van der Waals surface area contributed by atoms with E-state index < -0.39 is 0 Å². The maximum Gasteiger partial charge on any atom is 0.0468 e. The summed E-state index contributed by atoms with van der Waals surface area (Å²) in [7, 11) is 0. The van der Waals surface area contributed by atoms with Gasteiger partial charge in [0.15, 0.2) is 0 Å². The molecule has 2 nitrogen and oxygen atoms in total. The zero-order chi connectivity index (χ0) is 10.4. The predicted molar refractivity (Wildman–Crippen MR) is 61.5 cm³/mol. The van der Waals surface area contributed by atoms with E-state index in [1.165, 1.54) is 4.88 Å². The van der Waals surface area contributed by atoms with Gasteiger partial charge in [0.25, 0.3) is 0 Å². The lowest BCUT2D eigenvalue weighted by Gasteiger charge is -2.22. The van der Waals surface area contributed by atoms with Crippen LogP contribution >= 0.6 is 11.3 Å². The van der Waals surface area contributed by atoms with Gasteiger partial charge in [-0.05, 0) is 23.9 Å². The minimum Gasteiger partial charge on any atom is -0.396 e. The predicted octanol–water partition coefficient (Wildman–Crippen LogP) is 2.20. The minimum atomic E-state index is 0.279. The fourth-order valence-electron chi connectivity index (χ4n) is 1.43. The molecule has 1 aromatic heterocycles. The van der Waals surface area contributed by atoms with Crippen LogP contribution in [0.5, 0.6) is 0 Å². The van der Waals surface area contributed by atoms with Gasteiger partial charge in [0.2, 0.25) is 0 Å². The molecule has 0 aliphatic heterocycles. The van der Waals surface area contributed by atoms with Crippen molar-refractivity contribution in [3.8, 4) is 0 Å². The highest BCUT2D eigenvalue weighted by atomic mass is 32.1. The van der Waals surface area contributed by atoms with Crippen LogP contribution in [-0.2, 0) is 6.54 Å². The van der Waals surface area contributed by atoms with Gasteiger partial charge in [0.1, 0.15) is 0 Å². The van der Waals surface area contributed by atoms with E-state index in [0.717, 1.165) is 19.6 Å². The van der Waals surface area contributed by atoms with Crippen LogP contribution in [0, 0.1) is 5.92 Å². The van der Waals surface area contributed by atoms with Crippen LogP contribution in [0.15, 0.2) is 17.5 Å². The van der Waals surface area contributed by atoms with E-state index in [1.807, 2.05) is 0 Å². The van der Waals surface area contributed by atoms with E-state index in [4.69, 9.17) is 5.11 Å². The molecule has 0 amide bonds. The fourth-order valence-corrected chi connectivity index (χ4v) is 2.17. The molecule has 0 spiro atoms. The van der Waals surface area contributed by atoms with Crippen LogP contribution in [-0.4, -0.2) is 29.7 Å². The van der Waals surface area contributed by atoms with Crippen molar-refractivity contribution in [3.63, 3.8) is 0 Å². The molecule has 0 aliphatic carbocycles. The summed E-state index contributed by atoms with van der Waals surface area (Å²) >= 11 is 1.80. The first-order valence-electron chi connectivity index (χ1n) is 5.11. The Morgan fingerprint density at radius 2 is 2.36 bits per heavy atom. The normalized spacial score (nSPS) is 13.4. The largest absolute Gasteiger partial charge is 0.396 e. The van der Waals surface area contributed by atoms with Gasteiger partial charge < -0.3 is 5.11 Å². The van der Waals surface area contributed by atoms with Crippen LogP contribution in [0.25, 0.3) is 0 Å². The van der Waals surface area contributed by atoms with E-state index in [-0.39, 0.29) is 6.61 Å². The molecule has 0 radical (unpaired) electrons. The third kappa shape index (κ3) is 3.78. The van der Waals surface area contributed by atoms with E-state index in [1.54, 1.807) is 11.3 Å². The van der Waals surface area contributed by atoms with Crippen molar-refractivity contribution in [1.82, 2.24) is 4.90 Å². The van der Waals surface area contributed by atoms with Crippen molar-refractivity contribution in [2.75, 3.05) is 19.7 Å². The number of aliphatic hydroxyl groups excluding tert-OH is 1. The van der Waals surface area contributed by atoms with E-state index >= 15 is 0 Å². The van der Waals surface area contributed by atoms with Crippen LogP contribution in [0.2, 0.25) is 0 Å². The quantitative estimate of drug-likeness (QED) is 0.783. The summed E-state index contributed by atoms with van der Waals surface area (Å²) < 4.78 is 0. The number of aliphatic hydroxyl groups is 1. The summed E-state index contributed by atoms with van der Waals surface area (Å²) in [6.45, 7) is 7.56. The van der Waals surface area contributed by atoms with Crippen molar-refractivity contribution < 1.29 is 5.11 Å². The van der Waals surface area contributed by atoms with E-state index in [0.29, 0.717) is 5.92 Å². The molecule has 1 atom stereocenters. The second-order valence-electron chi connectivity index (χ2n) is 3.69. The van der Waals surface area contributed by atoms with E-state index in [2.05, 4.69) is 36.3 Å². The minimum absolute atomic E-state index is 0.279. The molecule has 1 unspecified atom stereocenters. The van der Waals surface area contributed by atoms with Gasteiger partial charge in [-0.2, -0.15) is 0 Å². The third-order valence-corrected chi connectivity index (χ3v) is 3.15. The Kier molecular flexibility index (Phi) is 5.15. The summed E-state index contributed by atoms with van der Waals surface area (Å²) in [4.78, 5) is 3.77. The van der Waals surface area contributed by atoms with Gasteiger partial charge in [0, 0.05) is 24.6 Å². The molecule has 0 saturated heterocycles. The lowest BCUT2D eigenvalue weighted by atomic mass is 10.2.